The zero-order chi connectivity index (χ0) is 15.6. The molecule has 0 aliphatic carbocycles. The average Bonchev–Trinajstić information content (AvgIpc) is 3.17. The molecule has 1 aromatic heterocycles. The van der Waals surface area contributed by atoms with Crippen molar-refractivity contribution in [2.45, 2.75) is 18.9 Å². The normalized spacial score (nSPS) is 16.1. The van der Waals surface area contributed by atoms with Crippen LogP contribution in [-0.2, 0) is 17.6 Å². The van der Waals surface area contributed by atoms with Crippen LogP contribution in [0.1, 0.15) is 11.3 Å². The van der Waals surface area contributed by atoms with Crippen LogP contribution in [0.15, 0.2) is 53.1 Å². The summed E-state index contributed by atoms with van der Waals surface area (Å²) in [6.45, 7) is 0.489. The summed E-state index contributed by atoms with van der Waals surface area (Å²) in [7, 11) is 0. The Balaban J connectivity index is 1.35. The average molecular weight is 308 g/mol. The highest BCUT2D eigenvalue weighted by Gasteiger charge is 2.23. The molecular formula is C18H16N2O3. The van der Waals surface area contributed by atoms with E-state index in [9.17, 15) is 4.79 Å². The van der Waals surface area contributed by atoms with Crippen LogP contribution < -0.4 is 10.1 Å². The fourth-order valence-electron chi connectivity index (χ4n) is 2.88. The van der Waals surface area contributed by atoms with Gasteiger partial charge in [-0.3, -0.25) is 4.79 Å². The molecule has 0 fully saturated rings. The molecule has 23 heavy (non-hydrogen) atoms. The summed E-state index contributed by atoms with van der Waals surface area (Å²) in [5.41, 5.74) is 2.55. The van der Waals surface area contributed by atoms with E-state index in [1.165, 1.54) is 5.56 Å². The number of carbonyl (C=O) groups is 1. The predicted molar refractivity (Wildman–Crippen MR) is 85.3 cm³/mol. The molecule has 0 spiro atoms. The standard InChI is InChI=1S/C18H16N2O3/c21-18(10-15-14-6-2-4-8-17(14)23-20-15)19-11-13-9-12-5-1-3-7-16(12)22-13/h1-8,13H,9-11H2,(H,19,21)/t13-/m0/s1. The second kappa shape index (κ2) is 5.76. The Labute approximate surface area is 133 Å². The number of hydrogen-bond acceptors (Lipinski definition) is 4. The molecule has 0 bridgehead atoms. The van der Waals surface area contributed by atoms with Crippen molar-refractivity contribution in [2.24, 2.45) is 0 Å². The largest absolute Gasteiger partial charge is 0.488 e. The second-order valence-corrected chi connectivity index (χ2v) is 5.66. The number of fused-ring (bicyclic) bond motifs is 2. The van der Waals surface area contributed by atoms with Crippen molar-refractivity contribution in [3.8, 4) is 5.75 Å². The fraction of sp³-hybridized carbons (Fsp3) is 0.222. The smallest absolute Gasteiger partial charge is 0.226 e. The molecule has 3 aromatic rings. The summed E-state index contributed by atoms with van der Waals surface area (Å²) in [6, 6.07) is 15.5. The lowest BCUT2D eigenvalue weighted by Gasteiger charge is -2.11. The molecule has 0 saturated carbocycles. The number of ether oxygens (including phenoxy) is 1. The number of para-hydroxylation sites is 2. The van der Waals surface area contributed by atoms with E-state index < -0.39 is 0 Å². The van der Waals surface area contributed by atoms with Gasteiger partial charge in [0, 0.05) is 11.8 Å². The molecule has 4 rings (SSSR count). The quantitative estimate of drug-likeness (QED) is 0.804. The van der Waals surface area contributed by atoms with Gasteiger partial charge in [0.15, 0.2) is 5.58 Å². The van der Waals surface area contributed by atoms with Crippen molar-refractivity contribution in [3.05, 3.63) is 59.8 Å². The van der Waals surface area contributed by atoms with E-state index in [0.29, 0.717) is 17.8 Å². The molecule has 1 aliphatic heterocycles. The summed E-state index contributed by atoms with van der Waals surface area (Å²) in [5.74, 6) is 0.831. The van der Waals surface area contributed by atoms with Crippen molar-refractivity contribution >= 4 is 16.9 Å². The molecule has 5 heteroatoms. The van der Waals surface area contributed by atoms with Crippen LogP contribution in [-0.4, -0.2) is 23.7 Å². The molecule has 0 unspecified atom stereocenters. The van der Waals surface area contributed by atoms with Gasteiger partial charge < -0.3 is 14.6 Å². The van der Waals surface area contributed by atoms with E-state index in [1.807, 2.05) is 42.5 Å². The van der Waals surface area contributed by atoms with Crippen molar-refractivity contribution in [3.63, 3.8) is 0 Å². The summed E-state index contributed by atoms with van der Waals surface area (Å²) in [4.78, 5) is 12.1. The third-order valence-corrected chi connectivity index (χ3v) is 4.02. The maximum atomic E-state index is 12.1. The van der Waals surface area contributed by atoms with Crippen molar-refractivity contribution in [1.29, 1.82) is 0 Å². The summed E-state index contributed by atoms with van der Waals surface area (Å²) >= 11 is 0. The minimum absolute atomic E-state index is 0.00889. The first-order valence-electron chi connectivity index (χ1n) is 7.64. The summed E-state index contributed by atoms with van der Waals surface area (Å²) in [5, 5.41) is 7.78. The third kappa shape index (κ3) is 2.77. The maximum absolute atomic E-state index is 12.1. The molecule has 5 nitrogen and oxygen atoms in total. The van der Waals surface area contributed by atoms with E-state index in [4.69, 9.17) is 9.26 Å². The number of hydrogen-bond donors (Lipinski definition) is 1. The zero-order valence-corrected chi connectivity index (χ0v) is 12.5. The van der Waals surface area contributed by atoms with Crippen molar-refractivity contribution in [2.75, 3.05) is 6.54 Å². The highest BCUT2D eigenvalue weighted by atomic mass is 16.5. The van der Waals surface area contributed by atoms with Crippen LogP contribution in [0.4, 0.5) is 0 Å². The van der Waals surface area contributed by atoms with Crippen LogP contribution in [0.25, 0.3) is 11.0 Å². The van der Waals surface area contributed by atoms with Gasteiger partial charge in [-0.25, -0.2) is 0 Å². The molecule has 0 saturated heterocycles. The number of nitrogens with one attached hydrogen (secondary N) is 1. The number of aromatic nitrogens is 1. The molecule has 2 aromatic carbocycles. The van der Waals surface area contributed by atoms with E-state index in [1.54, 1.807) is 0 Å². The molecule has 1 amide bonds. The Morgan fingerprint density at radius 1 is 1.17 bits per heavy atom. The van der Waals surface area contributed by atoms with Crippen LogP contribution >= 0.6 is 0 Å². The van der Waals surface area contributed by atoms with Gasteiger partial charge in [-0.05, 0) is 23.8 Å². The maximum Gasteiger partial charge on any atom is 0.226 e. The summed E-state index contributed by atoms with van der Waals surface area (Å²) < 4.78 is 11.0. The van der Waals surface area contributed by atoms with Gasteiger partial charge in [0.25, 0.3) is 0 Å². The fourth-order valence-corrected chi connectivity index (χ4v) is 2.88. The molecular weight excluding hydrogens is 292 g/mol. The first kappa shape index (κ1) is 13.8. The lowest BCUT2D eigenvalue weighted by Crippen LogP contribution is -2.35. The van der Waals surface area contributed by atoms with E-state index in [2.05, 4.69) is 16.5 Å². The minimum atomic E-state index is -0.0800. The number of nitrogens with zero attached hydrogens (tertiary/aromatic N) is 1. The highest BCUT2D eigenvalue weighted by molar-refractivity contribution is 5.86. The molecule has 1 aliphatic rings. The van der Waals surface area contributed by atoms with E-state index >= 15 is 0 Å². The first-order valence-corrected chi connectivity index (χ1v) is 7.64. The molecule has 116 valence electrons. The van der Waals surface area contributed by atoms with Gasteiger partial charge in [0.1, 0.15) is 17.5 Å². The molecule has 2 heterocycles. The van der Waals surface area contributed by atoms with Gasteiger partial charge in [0.2, 0.25) is 5.91 Å². The Hall–Kier alpha value is -2.82. The van der Waals surface area contributed by atoms with Crippen LogP contribution in [0, 0.1) is 0 Å². The predicted octanol–water partition coefficient (Wildman–Crippen LogP) is 2.49. The monoisotopic (exact) mass is 308 g/mol. The second-order valence-electron chi connectivity index (χ2n) is 5.66. The van der Waals surface area contributed by atoms with Gasteiger partial charge >= 0.3 is 0 Å². The lowest BCUT2D eigenvalue weighted by molar-refractivity contribution is -0.120. The Bertz CT molecular complexity index is 831. The number of benzene rings is 2. The van der Waals surface area contributed by atoms with Crippen LogP contribution in [0.3, 0.4) is 0 Å². The number of amides is 1. The Morgan fingerprint density at radius 3 is 2.91 bits per heavy atom. The first-order chi connectivity index (χ1) is 11.3. The van der Waals surface area contributed by atoms with E-state index in [0.717, 1.165) is 17.6 Å². The SMILES string of the molecule is O=C(Cc1noc2ccccc12)NC[C@@H]1Cc2ccccc2O1. The topological polar surface area (TPSA) is 64.4 Å². The summed E-state index contributed by atoms with van der Waals surface area (Å²) in [6.07, 6.45) is 1.02. The van der Waals surface area contributed by atoms with Crippen molar-refractivity contribution in [1.82, 2.24) is 10.5 Å². The highest BCUT2D eigenvalue weighted by Crippen LogP contribution is 2.27. The number of carbonyl (C=O) groups excluding carboxylic acids is 1. The van der Waals surface area contributed by atoms with Gasteiger partial charge in [-0.15, -0.1) is 0 Å². The molecule has 0 radical (unpaired) electrons. The molecule has 1 atom stereocenters. The van der Waals surface area contributed by atoms with Gasteiger partial charge in [-0.2, -0.15) is 0 Å². The van der Waals surface area contributed by atoms with Gasteiger partial charge in [0.05, 0.1) is 13.0 Å². The lowest BCUT2D eigenvalue weighted by atomic mass is 10.1. The van der Waals surface area contributed by atoms with E-state index in [-0.39, 0.29) is 18.4 Å². The molecule has 1 N–H and O–H groups in total. The third-order valence-electron chi connectivity index (χ3n) is 4.02. The van der Waals surface area contributed by atoms with Crippen LogP contribution in [0.5, 0.6) is 5.75 Å². The van der Waals surface area contributed by atoms with Crippen molar-refractivity contribution < 1.29 is 14.1 Å². The minimum Gasteiger partial charge on any atom is -0.488 e. The zero-order valence-electron chi connectivity index (χ0n) is 12.5. The van der Waals surface area contributed by atoms with Gasteiger partial charge in [-0.1, -0.05) is 35.5 Å². The van der Waals surface area contributed by atoms with Crippen LogP contribution in [0.2, 0.25) is 0 Å². The Morgan fingerprint density at radius 2 is 2.00 bits per heavy atom. The number of rotatable bonds is 4. The Kier molecular flexibility index (Phi) is 3.46.